The summed E-state index contributed by atoms with van der Waals surface area (Å²) in [4.78, 5) is 23.1. The van der Waals surface area contributed by atoms with Gasteiger partial charge in [-0.1, -0.05) is 56.1 Å². The van der Waals surface area contributed by atoms with Crippen molar-refractivity contribution in [1.29, 1.82) is 0 Å². The summed E-state index contributed by atoms with van der Waals surface area (Å²) in [6.07, 6.45) is 19.1. The molecule has 2 rings (SSSR count). The van der Waals surface area contributed by atoms with Crippen LogP contribution in [0.5, 0.6) is 0 Å². The molecule has 0 spiro atoms. The van der Waals surface area contributed by atoms with Gasteiger partial charge >= 0.3 is 6.09 Å². The molecular weight excluding hydrogens is 340 g/mol. The minimum absolute atomic E-state index is 0.00958. The first-order chi connectivity index (χ1) is 13.1. The third-order valence-electron chi connectivity index (χ3n) is 5.11. The Morgan fingerprint density at radius 1 is 1.44 bits per heavy atom. The van der Waals surface area contributed by atoms with E-state index in [-0.39, 0.29) is 11.9 Å². The zero-order chi connectivity index (χ0) is 19.5. The number of allylic oxidation sites excluding steroid dienone is 4. The third kappa shape index (κ3) is 7.45. The van der Waals surface area contributed by atoms with Gasteiger partial charge in [0, 0.05) is 12.6 Å². The number of alkyl carbamates (subject to hydrolysis) is 1. The number of hydrogen-bond acceptors (Lipinski definition) is 3. The van der Waals surface area contributed by atoms with Crippen LogP contribution in [0.1, 0.15) is 58.3 Å². The molecule has 148 valence electrons. The van der Waals surface area contributed by atoms with Crippen LogP contribution in [0.25, 0.3) is 0 Å². The molecule has 1 fully saturated rings. The Hall–Kier alpha value is -2.30. The van der Waals surface area contributed by atoms with E-state index in [0.717, 1.165) is 32.1 Å². The number of unbranched alkanes of at least 4 members (excludes halogenated alkanes) is 1. The molecule has 5 heteroatoms. The minimum Gasteiger partial charge on any atom is -0.439 e. The molecule has 2 unspecified atom stereocenters. The van der Waals surface area contributed by atoms with E-state index >= 15 is 0 Å². The lowest BCUT2D eigenvalue weighted by molar-refractivity contribution is -0.120. The van der Waals surface area contributed by atoms with Crippen molar-refractivity contribution in [3.63, 3.8) is 0 Å². The first-order valence-corrected chi connectivity index (χ1v) is 10.0. The average molecular weight is 373 g/mol. The van der Waals surface area contributed by atoms with E-state index in [1.807, 2.05) is 0 Å². The summed E-state index contributed by atoms with van der Waals surface area (Å²) in [6, 6.07) is -0.259. The highest BCUT2D eigenvalue weighted by molar-refractivity contribution is 5.77. The summed E-state index contributed by atoms with van der Waals surface area (Å²) in [5, 5.41) is 5.37. The summed E-state index contributed by atoms with van der Waals surface area (Å²) in [5.74, 6) is 0.687. The molecule has 0 aromatic heterocycles. The van der Waals surface area contributed by atoms with Gasteiger partial charge in [0.05, 0.1) is 6.04 Å². The molecule has 27 heavy (non-hydrogen) atoms. The van der Waals surface area contributed by atoms with Crippen LogP contribution >= 0.6 is 0 Å². The maximum atomic E-state index is 11.9. The highest BCUT2D eigenvalue weighted by atomic mass is 16.6. The molecule has 0 bridgehead atoms. The molecule has 1 heterocycles. The molecule has 1 saturated heterocycles. The van der Waals surface area contributed by atoms with Crippen LogP contribution in [0.4, 0.5) is 4.79 Å². The van der Waals surface area contributed by atoms with Crippen LogP contribution in [0.15, 0.2) is 48.7 Å². The van der Waals surface area contributed by atoms with Crippen LogP contribution in [0.3, 0.4) is 0 Å². The Bertz CT molecular complexity index is 607. The fraction of sp³-hybridized carbons (Fsp3) is 0.545. The maximum Gasteiger partial charge on any atom is 0.408 e. The highest BCUT2D eigenvalue weighted by Gasteiger charge is 2.29. The van der Waals surface area contributed by atoms with E-state index in [0.29, 0.717) is 12.3 Å². The van der Waals surface area contributed by atoms with Crippen molar-refractivity contribution in [2.75, 3.05) is 0 Å². The summed E-state index contributed by atoms with van der Waals surface area (Å²) in [5.41, 5.74) is 1.47. The van der Waals surface area contributed by atoms with Gasteiger partial charge in [-0.3, -0.25) is 4.79 Å². The number of nitrogens with one attached hydrogen (secondary N) is 2. The van der Waals surface area contributed by atoms with Gasteiger partial charge in [0.2, 0.25) is 5.91 Å². The van der Waals surface area contributed by atoms with Gasteiger partial charge in [0.25, 0.3) is 0 Å². The molecule has 0 radical (unpaired) electrons. The molecule has 0 aromatic rings. The summed E-state index contributed by atoms with van der Waals surface area (Å²) in [7, 11) is 0. The van der Waals surface area contributed by atoms with Gasteiger partial charge in [0.1, 0.15) is 6.10 Å². The van der Waals surface area contributed by atoms with Gasteiger partial charge in [-0.25, -0.2) is 4.79 Å². The number of cyclic esters (lactones) is 1. The lowest BCUT2D eigenvalue weighted by atomic mass is 9.89. The lowest BCUT2D eigenvalue weighted by Crippen LogP contribution is -2.28. The van der Waals surface area contributed by atoms with Crippen LogP contribution in [-0.2, 0) is 9.53 Å². The first kappa shape index (κ1) is 21.0. The van der Waals surface area contributed by atoms with Gasteiger partial charge in [-0.2, -0.15) is 0 Å². The van der Waals surface area contributed by atoms with Crippen molar-refractivity contribution in [2.24, 2.45) is 5.92 Å². The number of carbonyl (C=O) groups is 2. The predicted octanol–water partition coefficient (Wildman–Crippen LogP) is 4.53. The zero-order valence-corrected chi connectivity index (χ0v) is 16.3. The van der Waals surface area contributed by atoms with Crippen molar-refractivity contribution in [2.45, 2.75) is 70.4 Å². The largest absolute Gasteiger partial charge is 0.439 e. The minimum atomic E-state index is -0.467. The van der Waals surface area contributed by atoms with Crippen molar-refractivity contribution in [3.05, 3.63) is 48.7 Å². The van der Waals surface area contributed by atoms with Crippen LogP contribution in [0.2, 0.25) is 0 Å². The standard InChI is InChI=1S/C22H32N2O3/c1-3-17(16-18-11-6-5-7-12-18)10-8-9-13-21(25)23-15-14-20-19(4-2)24-22(26)27-20/h4,6,11-12,14-15,17,19-20H,2-3,5,7-10,13,16H2,1H3,(H,23,25)(H,24,26)/b15-14+/t17-,19?,20?/m0/s1. The summed E-state index contributed by atoms with van der Waals surface area (Å²) >= 11 is 0. The Labute approximate surface area is 162 Å². The van der Waals surface area contributed by atoms with Crippen molar-refractivity contribution < 1.29 is 14.3 Å². The number of ether oxygens (including phenoxy) is 1. The smallest absolute Gasteiger partial charge is 0.408 e. The topological polar surface area (TPSA) is 67.4 Å². The number of rotatable bonds is 11. The predicted molar refractivity (Wildman–Crippen MR) is 108 cm³/mol. The third-order valence-corrected chi connectivity index (χ3v) is 5.11. The molecule has 1 aliphatic carbocycles. The van der Waals surface area contributed by atoms with E-state index in [4.69, 9.17) is 4.74 Å². The highest BCUT2D eigenvalue weighted by Crippen LogP contribution is 2.24. The van der Waals surface area contributed by atoms with Crippen molar-refractivity contribution in [3.8, 4) is 0 Å². The fourth-order valence-electron chi connectivity index (χ4n) is 3.43. The van der Waals surface area contributed by atoms with Crippen LogP contribution in [-0.4, -0.2) is 24.1 Å². The van der Waals surface area contributed by atoms with E-state index < -0.39 is 12.2 Å². The van der Waals surface area contributed by atoms with E-state index in [2.05, 4.69) is 42.4 Å². The second-order valence-electron chi connectivity index (χ2n) is 7.19. The summed E-state index contributed by atoms with van der Waals surface area (Å²) < 4.78 is 5.08. The Kier molecular flexibility index (Phi) is 8.89. The normalized spacial score (nSPS) is 22.9. The monoisotopic (exact) mass is 372 g/mol. The summed E-state index contributed by atoms with van der Waals surface area (Å²) in [6.45, 7) is 5.90. The molecule has 0 aromatic carbocycles. The van der Waals surface area contributed by atoms with E-state index in [1.54, 1.807) is 18.4 Å². The van der Waals surface area contributed by atoms with E-state index in [9.17, 15) is 9.59 Å². The number of carbonyl (C=O) groups excluding carboxylic acids is 2. The quantitative estimate of drug-likeness (QED) is 0.413. The molecular formula is C22H32N2O3. The first-order valence-electron chi connectivity index (χ1n) is 10.0. The SMILES string of the molecule is C=CC1NC(=O)OC1/C=C/NC(=O)CCCC[C@H](CC)CC1=CCCC=C1. The molecule has 0 saturated carbocycles. The van der Waals surface area contributed by atoms with Crippen LogP contribution < -0.4 is 10.6 Å². The zero-order valence-electron chi connectivity index (χ0n) is 16.3. The number of amides is 2. The van der Waals surface area contributed by atoms with Gasteiger partial charge in [-0.05, 0) is 37.7 Å². The Morgan fingerprint density at radius 2 is 2.30 bits per heavy atom. The second kappa shape index (κ2) is 11.4. The van der Waals surface area contributed by atoms with Gasteiger partial charge in [0.15, 0.2) is 0 Å². The van der Waals surface area contributed by atoms with Gasteiger partial charge < -0.3 is 15.4 Å². The van der Waals surface area contributed by atoms with Crippen LogP contribution in [0, 0.1) is 5.92 Å². The number of hydrogen-bond donors (Lipinski definition) is 2. The Balaban J connectivity index is 1.60. The maximum absolute atomic E-state index is 11.9. The molecule has 2 aliphatic rings. The molecule has 1 aliphatic heterocycles. The molecule has 3 atom stereocenters. The molecule has 2 amide bonds. The van der Waals surface area contributed by atoms with Crippen molar-refractivity contribution >= 4 is 12.0 Å². The Morgan fingerprint density at radius 3 is 3.00 bits per heavy atom. The van der Waals surface area contributed by atoms with E-state index in [1.165, 1.54) is 18.4 Å². The second-order valence-corrected chi connectivity index (χ2v) is 7.19. The fourth-order valence-corrected chi connectivity index (χ4v) is 3.43. The molecule has 5 nitrogen and oxygen atoms in total. The average Bonchev–Trinajstić information content (AvgIpc) is 3.04. The van der Waals surface area contributed by atoms with Gasteiger partial charge in [-0.15, -0.1) is 6.58 Å². The molecule has 2 N–H and O–H groups in total. The lowest BCUT2D eigenvalue weighted by Gasteiger charge is -2.16. The van der Waals surface area contributed by atoms with Crippen molar-refractivity contribution in [1.82, 2.24) is 10.6 Å².